The van der Waals surface area contributed by atoms with Crippen molar-refractivity contribution in [3.8, 4) is 22.5 Å². The van der Waals surface area contributed by atoms with E-state index in [-0.39, 0.29) is 0 Å². The quantitative estimate of drug-likeness (QED) is 0.177. The smallest absolute Gasteiger partial charge is 0.136 e. The zero-order valence-corrected chi connectivity index (χ0v) is 30.8. The van der Waals surface area contributed by atoms with Crippen LogP contribution in [0.3, 0.4) is 0 Å². The summed E-state index contributed by atoms with van der Waals surface area (Å²) < 4.78 is 13.8. The molecule has 260 valence electrons. The molecule has 0 aliphatic carbocycles. The molecule has 56 heavy (non-hydrogen) atoms. The second-order valence-electron chi connectivity index (χ2n) is 14.8. The monoisotopic (exact) mass is 730 g/mol. The lowest BCUT2D eigenvalue weighted by atomic mass is 9.98. The molecular formula is C52H30N2OS. The minimum atomic E-state index is 0.920. The minimum absolute atomic E-state index is 0.920. The maximum atomic E-state index is 6.31. The van der Waals surface area contributed by atoms with Crippen molar-refractivity contribution in [2.75, 3.05) is 0 Å². The van der Waals surface area contributed by atoms with Crippen molar-refractivity contribution < 1.29 is 4.42 Å². The molecule has 0 radical (unpaired) electrons. The van der Waals surface area contributed by atoms with Crippen molar-refractivity contribution in [3.05, 3.63) is 182 Å². The second kappa shape index (κ2) is 11.2. The van der Waals surface area contributed by atoms with Gasteiger partial charge in [0.25, 0.3) is 0 Å². The molecule has 13 aromatic rings. The Morgan fingerprint density at radius 2 is 1.05 bits per heavy atom. The summed E-state index contributed by atoms with van der Waals surface area (Å²) in [5.41, 5.74) is 11.4. The zero-order valence-electron chi connectivity index (χ0n) is 30.0. The molecule has 4 aromatic heterocycles. The number of aromatic nitrogens is 2. The van der Waals surface area contributed by atoms with Gasteiger partial charge in [-0.15, -0.1) is 11.3 Å². The first-order chi connectivity index (χ1) is 27.8. The lowest BCUT2D eigenvalue weighted by Crippen LogP contribution is -1.95. The molecule has 0 bridgehead atoms. The summed E-state index contributed by atoms with van der Waals surface area (Å²) in [6.07, 6.45) is 0. The van der Waals surface area contributed by atoms with Crippen molar-refractivity contribution in [2.24, 2.45) is 0 Å². The summed E-state index contributed by atoms with van der Waals surface area (Å²) in [4.78, 5) is 0. The van der Waals surface area contributed by atoms with E-state index < -0.39 is 0 Å². The predicted molar refractivity (Wildman–Crippen MR) is 238 cm³/mol. The van der Waals surface area contributed by atoms with Crippen molar-refractivity contribution in [3.63, 3.8) is 0 Å². The van der Waals surface area contributed by atoms with Gasteiger partial charge in [0.05, 0.1) is 22.1 Å². The van der Waals surface area contributed by atoms with Gasteiger partial charge in [0, 0.05) is 69.4 Å². The Bertz CT molecular complexity index is 3780. The topological polar surface area (TPSA) is 23.0 Å². The van der Waals surface area contributed by atoms with Gasteiger partial charge in [0.2, 0.25) is 0 Å². The third-order valence-corrected chi connectivity index (χ3v) is 13.1. The van der Waals surface area contributed by atoms with Gasteiger partial charge in [0.1, 0.15) is 11.2 Å². The van der Waals surface area contributed by atoms with Crippen LogP contribution in [0.2, 0.25) is 0 Å². The Hall–Kier alpha value is -7.14. The number of furan rings is 1. The number of benzene rings is 9. The number of nitrogens with zero attached hydrogens (tertiary/aromatic N) is 2. The van der Waals surface area contributed by atoms with E-state index in [0.717, 1.165) is 27.9 Å². The van der Waals surface area contributed by atoms with Crippen molar-refractivity contribution in [1.82, 2.24) is 9.13 Å². The Kier molecular flexibility index (Phi) is 6.04. The third kappa shape index (κ3) is 4.06. The summed E-state index contributed by atoms with van der Waals surface area (Å²) in [6, 6.07) is 66.5. The number of rotatable bonds is 3. The molecule has 0 aliphatic heterocycles. The SMILES string of the molecule is c1ccc2cc(-n3c4ccccc4c4c3ccc3c5ccccc5n(-c5ccc6sc7c(-c8cccc9oc%10ccccc%10c89)cccc7c6c5)c34)ccc2c1. The summed E-state index contributed by atoms with van der Waals surface area (Å²) >= 11 is 1.88. The lowest BCUT2D eigenvalue weighted by Gasteiger charge is -2.11. The van der Waals surface area contributed by atoms with E-state index in [2.05, 4.69) is 185 Å². The van der Waals surface area contributed by atoms with Crippen LogP contribution in [-0.2, 0) is 0 Å². The zero-order chi connectivity index (χ0) is 36.5. The van der Waals surface area contributed by atoms with Crippen LogP contribution >= 0.6 is 11.3 Å². The first kappa shape index (κ1) is 30.2. The highest BCUT2D eigenvalue weighted by Gasteiger charge is 2.22. The molecular weight excluding hydrogens is 701 g/mol. The fourth-order valence-corrected chi connectivity index (χ4v) is 10.7. The number of fused-ring (bicyclic) bond motifs is 14. The molecule has 3 nitrogen and oxygen atoms in total. The molecule has 0 N–H and O–H groups in total. The Morgan fingerprint density at radius 3 is 1.96 bits per heavy atom. The fourth-order valence-electron chi connectivity index (χ4n) is 9.51. The van der Waals surface area contributed by atoms with Gasteiger partial charge < -0.3 is 13.6 Å². The molecule has 0 aliphatic rings. The predicted octanol–water partition coefficient (Wildman–Crippen LogP) is 15.0. The van der Waals surface area contributed by atoms with Crippen LogP contribution in [0, 0.1) is 0 Å². The normalized spacial score (nSPS) is 12.3. The molecule has 0 saturated carbocycles. The third-order valence-electron chi connectivity index (χ3n) is 11.9. The van der Waals surface area contributed by atoms with Crippen LogP contribution in [0.15, 0.2) is 186 Å². The van der Waals surface area contributed by atoms with Crippen molar-refractivity contribution >= 4 is 108 Å². The van der Waals surface area contributed by atoms with Crippen LogP contribution in [0.1, 0.15) is 0 Å². The Morgan fingerprint density at radius 1 is 0.375 bits per heavy atom. The van der Waals surface area contributed by atoms with Crippen molar-refractivity contribution in [1.29, 1.82) is 0 Å². The van der Waals surface area contributed by atoms with E-state index >= 15 is 0 Å². The molecule has 13 rings (SSSR count). The van der Waals surface area contributed by atoms with Gasteiger partial charge in [-0.1, -0.05) is 121 Å². The van der Waals surface area contributed by atoms with Crippen LogP contribution < -0.4 is 0 Å². The van der Waals surface area contributed by atoms with E-state index in [1.165, 1.54) is 91.1 Å². The first-order valence-corrected chi connectivity index (χ1v) is 19.9. The molecule has 0 unspecified atom stereocenters. The van der Waals surface area contributed by atoms with Crippen molar-refractivity contribution in [2.45, 2.75) is 0 Å². The number of thiophene rings is 1. The summed E-state index contributed by atoms with van der Waals surface area (Å²) in [6.45, 7) is 0. The van der Waals surface area contributed by atoms with Crippen LogP contribution in [0.25, 0.3) is 119 Å². The summed E-state index contributed by atoms with van der Waals surface area (Å²) in [5.74, 6) is 0. The van der Waals surface area contributed by atoms with E-state index in [0.29, 0.717) is 0 Å². The Balaban J connectivity index is 1.09. The average molecular weight is 731 g/mol. The first-order valence-electron chi connectivity index (χ1n) is 19.1. The van der Waals surface area contributed by atoms with Gasteiger partial charge in [-0.05, 0) is 77.0 Å². The molecule has 4 heterocycles. The average Bonchev–Trinajstić information content (AvgIpc) is 4.01. The van der Waals surface area contributed by atoms with Gasteiger partial charge in [-0.3, -0.25) is 0 Å². The molecule has 4 heteroatoms. The maximum Gasteiger partial charge on any atom is 0.136 e. The second-order valence-corrected chi connectivity index (χ2v) is 15.9. The largest absolute Gasteiger partial charge is 0.456 e. The van der Waals surface area contributed by atoms with E-state index in [1.54, 1.807) is 0 Å². The number of hydrogen-bond donors (Lipinski definition) is 0. The van der Waals surface area contributed by atoms with Crippen LogP contribution in [-0.4, -0.2) is 9.13 Å². The van der Waals surface area contributed by atoms with Gasteiger partial charge >= 0.3 is 0 Å². The maximum absolute atomic E-state index is 6.31. The molecule has 9 aromatic carbocycles. The van der Waals surface area contributed by atoms with Gasteiger partial charge in [-0.2, -0.15) is 0 Å². The highest BCUT2D eigenvalue weighted by Crippen LogP contribution is 2.46. The molecule has 0 atom stereocenters. The number of para-hydroxylation sites is 3. The fraction of sp³-hybridized carbons (Fsp3) is 0. The molecule has 0 spiro atoms. The lowest BCUT2D eigenvalue weighted by molar-refractivity contribution is 0.669. The Labute approximate surface area is 324 Å². The van der Waals surface area contributed by atoms with Crippen LogP contribution in [0.5, 0.6) is 0 Å². The van der Waals surface area contributed by atoms with E-state index in [1.807, 2.05) is 17.4 Å². The van der Waals surface area contributed by atoms with Crippen LogP contribution in [0.4, 0.5) is 0 Å². The van der Waals surface area contributed by atoms with E-state index in [9.17, 15) is 0 Å². The number of hydrogen-bond acceptors (Lipinski definition) is 2. The summed E-state index contributed by atoms with van der Waals surface area (Å²) in [5, 5.41) is 12.4. The summed E-state index contributed by atoms with van der Waals surface area (Å²) in [7, 11) is 0. The highest BCUT2D eigenvalue weighted by molar-refractivity contribution is 7.26. The molecule has 0 fully saturated rings. The molecule has 0 amide bonds. The van der Waals surface area contributed by atoms with Gasteiger partial charge in [0.15, 0.2) is 0 Å². The molecule has 0 saturated heterocycles. The van der Waals surface area contributed by atoms with Gasteiger partial charge in [-0.25, -0.2) is 0 Å². The standard InChI is InChI=1S/C52H30N2OS/c1-2-12-32-29-33(24-23-31(32)11-1)53-44-20-7-4-14-40(44)50-45(53)27-26-37-35-13-3-6-19-43(35)54(51(37)50)34-25-28-48-42(30-34)39-18-9-17-38(52(39)56-48)36-16-10-22-47-49(36)41-15-5-8-21-46(41)55-47/h1-30H. The highest BCUT2D eigenvalue weighted by atomic mass is 32.1. The minimum Gasteiger partial charge on any atom is -0.456 e. The van der Waals surface area contributed by atoms with E-state index in [4.69, 9.17) is 4.42 Å².